The van der Waals surface area contributed by atoms with Gasteiger partial charge in [-0.25, -0.2) is 8.42 Å². The van der Waals surface area contributed by atoms with Crippen molar-refractivity contribution in [3.05, 3.63) is 65.7 Å². The minimum absolute atomic E-state index is 0.262. The van der Waals surface area contributed by atoms with Crippen molar-refractivity contribution in [3.8, 4) is 0 Å². The lowest BCUT2D eigenvalue weighted by molar-refractivity contribution is -0.137. The van der Waals surface area contributed by atoms with Gasteiger partial charge in [0.2, 0.25) is 0 Å². The van der Waals surface area contributed by atoms with Gasteiger partial charge in [0.25, 0.3) is 0 Å². The average molecular weight is 398 g/mol. The summed E-state index contributed by atoms with van der Waals surface area (Å²) in [6.45, 7) is 0. The van der Waals surface area contributed by atoms with E-state index >= 15 is 0 Å². The van der Waals surface area contributed by atoms with Crippen molar-refractivity contribution < 1.29 is 18.3 Å². The van der Waals surface area contributed by atoms with Crippen LogP contribution in [0.2, 0.25) is 0 Å². The van der Waals surface area contributed by atoms with Crippen molar-refractivity contribution in [2.24, 2.45) is 5.73 Å². The van der Waals surface area contributed by atoms with Crippen molar-refractivity contribution in [1.29, 1.82) is 0 Å². The van der Waals surface area contributed by atoms with E-state index < -0.39 is 27.1 Å². The third-order valence-corrected chi connectivity index (χ3v) is 7.21. The van der Waals surface area contributed by atoms with Gasteiger partial charge in [0, 0.05) is 16.9 Å². The molecule has 0 aromatic heterocycles. The topological polar surface area (TPSA) is 97.5 Å². The Balaban J connectivity index is 2.22. The second kappa shape index (κ2) is 8.75. The minimum atomic E-state index is -3.35. The molecule has 0 aliphatic carbocycles. The van der Waals surface area contributed by atoms with E-state index in [4.69, 9.17) is 10.8 Å². The molecule has 0 amide bonds. The van der Waals surface area contributed by atoms with E-state index in [1.807, 2.05) is 30.3 Å². The Labute approximate surface area is 155 Å². The van der Waals surface area contributed by atoms with Crippen LogP contribution in [0.1, 0.15) is 16.4 Å². The maximum absolute atomic E-state index is 12.3. The molecule has 0 aliphatic heterocycles. The predicted molar refractivity (Wildman–Crippen MR) is 103 cm³/mol. The second-order valence-corrected chi connectivity index (χ2v) is 10.0. The Morgan fingerprint density at radius 3 is 2.36 bits per heavy atom. The largest absolute Gasteiger partial charge is 0.480 e. The van der Waals surface area contributed by atoms with Crippen LogP contribution in [0, 0.1) is 0 Å². The van der Waals surface area contributed by atoms with Crippen molar-refractivity contribution in [1.82, 2.24) is 0 Å². The summed E-state index contributed by atoms with van der Waals surface area (Å²) in [6.07, 6.45) is 1.23. The number of hydrogen-bond acceptors (Lipinski definition) is 6. The summed E-state index contributed by atoms with van der Waals surface area (Å²) in [5.74, 6) is -0.777. The third-order valence-electron chi connectivity index (χ3n) is 3.41. The van der Waals surface area contributed by atoms with Crippen LogP contribution in [-0.4, -0.2) is 37.5 Å². The lowest BCUT2D eigenvalue weighted by Crippen LogP contribution is -2.32. The molecule has 2 aromatic carbocycles. The lowest BCUT2D eigenvalue weighted by atomic mass is 10.0. The van der Waals surface area contributed by atoms with E-state index in [-0.39, 0.29) is 5.75 Å². The highest BCUT2D eigenvalue weighted by Crippen LogP contribution is 2.36. The molecule has 3 N–H and O–H groups in total. The van der Waals surface area contributed by atoms with Crippen LogP contribution in [0.25, 0.3) is 0 Å². The normalized spacial score (nSPS) is 14.0. The number of rotatable bonds is 8. The Bertz CT molecular complexity index is 825. The molecule has 0 saturated carbocycles. The first-order chi connectivity index (χ1) is 11.8. The Kier molecular flexibility index (Phi) is 6.95. The second-order valence-electron chi connectivity index (χ2n) is 5.51. The van der Waals surface area contributed by atoms with Gasteiger partial charge in [-0.3, -0.25) is 4.79 Å². The first-order valence-corrected chi connectivity index (χ1v) is 11.7. The Morgan fingerprint density at radius 2 is 1.76 bits per heavy atom. The molecule has 1 unspecified atom stereocenters. The lowest BCUT2D eigenvalue weighted by Gasteiger charge is -2.17. The van der Waals surface area contributed by atoms with Crippen molar-refractivity contribution >= 4 is 37.4 Å². The average Bonchev–Trinajstić information content (AvgIpc) is 2.55. The van der Waals surface area contributed by atoms with Crippen molar-refractivity contribution in [2.45, 2.75) is 16.2 Å². The van der Waals surface area contributed by atoms with Gasteiger partial charge in [0.1, 0.15) is 11.3 Å². The number of hydrogen-bond donors (Lipinski definition) is 2. The van der Waals surface area contributed by atoms with E-state index in [1.165, 1.54) is 27.8 Å². The molecule has 8 heteroatoms. The van der Waals surface area contributed by atoms with E-state index in [2.05, 4.69) is 0 Å². The predicted octanol–water partition coefficient (Wildman–Crippen LogP) is 2.97. The monoisotopic (exact) mass is 397 g/mol. The molecular formula is C17H19NO4S3. The molecule has 25 heavy (non-hydrogen) atoms. The molecule has 5 nitrogen and oxygen atoms in total. The number of carboxylic acid groups (broad SMARTS) is 1. The van der Waals surface area contributed by atoms with Gasteiger partial charge in [0.05, 0.1) is 0 Å². The molecule has 0 fully saturated rings. The van der Waals surface area contributed by atoms with Crippen LogP contribution in [0.3, 0.4) is 0 Å². The first kappa shape index (κ1) is 19.8. The van der Waals surface area contributed by atoms with E-state index in [0.29, 0.717) is 11.1 Å². The van der Waals surface area contributed by atoms with Gasteiger partial charge >= 0.3 is 5.97 Å². The molecule has 134 valence electrons. The van der Waals surface area contributed by atoms with Gasteiger partial charge in [-0.1, -0.05) is 64.1 Å². The molecule has 2 atom stereocenters. The SMILES string of the molecule is CS(=O)(=O)C(c1ccccc1)c1cccc(SSC[C@H](N)C(=O)O)c1. The molecular weight excluding hydrogens is 378 g/mol. The quantitative estimate of drug-likeness (QED) is 0.661. The zero-order valence-electron chi connectivity index (χ0n) is 13.5. The maximum atomic E-state index is 12.3. The Morgan fingerprint density at radius 1 is 1.12 bits per heavy atom. The highest BCUT2D eigenvalue weighted by Gasteiger charge is 2.25. The highest BCUT2D eigenvalue weighted by atomic mass is 33.1. The zero-order valence-corrected chi connectivity index (χ0v) is 16.0. The van der Waals surface area contributed by atoms with Gasteiger partial charge in [-0.05, 0) is 23.3 Å². The van der Waals surface area contributed by atoms with Crippen LogP contribution in [0.4, 0.5) is 0 Å². The molecule has 0 aliphatic rings. The van der Waals surface area contributed by atoms with Gasteiger partial charge < -0.3 is 10.8 Å². The zero-order chi connectivity index (χ0) is 18.4. The fraction of sp³-hybridized carbons (Fsp3) is 0.235. The standard InChI is InChI=1S/C17H19NO4S3/c1-25(21,22)16(12-6-3-2-4-7-12)13-8-5-9-14(10-13)24-23-11-15(18)17(19)20/h2-10,15-16H,11,18H2,1H3,(H,19,20)/t15-,16?/m0/s1. The van der Waals surface area contributed by atoms with Crippen LogP contribution < -0.4 is 5.73 Å². The number of nitrogens with two attached hydrogens (primary N) is 1. The van der Waals surface area contributed by atoms with Gasteiger partial charge in [0.15, 0.2) is 9.84 Å². The summed E-state index contributed by atoms with van der Waals surface area (Å²) in [5.41, 5.74) is 6.88. The van der Waals surface area contributed by atoms with Crippen molar-refractivity contribution in [2.75, 3.05) is 12.0 Å². The maximum Gasteiger partial charge on any atom is 0.321 e. The van der Waals surface area contributed by atoms with Crippen LogP contribution >= 0.6 is 21.6 Å². The van der Waals surface area contributed by atoms with E-state index in [9.17, 15) is 13.2 Å². The molecule has 0 saturated heterocycles. The van der Waals surface area contributed by atoms with Crippen LogP contribution in [0.5, 0.6) is 0 Å². The fourth-order valence-corrected chi connectivity index (χ4v) is 5.76. The van der Waals surface area contributed by atoms with Gasteiger partial charge in [-0.2, -0.15) is 0 Å². The van der Waals surface area contributed by atoms with Crippen LogP contribution in [-0.2, 0) is 14.6 Å². The smallest absolute Gasteiger partial charge is 0.321 e. The summed E-state index contributed by atoms with van der Waals surface area (Å²) >= 11 is 0. The highest BCUT2D eigenvalue weighted by molar-refractivity contribution is 8.76. The fourth-order valence-electron chi connectivity index (χ4n) is 2.29. The summed E-state index contributed by atoms with van der Waals surface area (Å²) in [4.78, 5) is 11.6. The third kappa shape index (κ3) is 5.78. The number of carbonyl (C=O) groups is 1. The molecule has 2 rings (SSSR count). The summed E-state index contributed by atoms with van der Waals surface area (Å²) in [6, 6.07) is 15.4. The Hall–Kier alpha value is -1.48. The van der Waals surface area contributed by atoms with Crippen LogP contribution in [0.15, 0.2) is 59.5 Å². The summed E-state index contributed by atoms with van der Waals surface area (Å²) in [7, 11) is -0.637. The van der Waals surface area contributed by atoms with E-state index in [0.717, 1.165) is 4.90 Å². The minimum Gasteiger partial charge on any atom is -0.480 e. The molecule has 0 bridgehead atoms. The van der Waals surface area contributed by atoms with Crippen molar-refractivity contribution in [3.63, 3.8) is 0 Å². The van der Waals surface area contributed by atoms with Gasteiger partial charge in [-0.15, -0.1) is 0 Å². The molecule has 2 aromatic rings. The number of aliphatic carboxylic acids is 1. The summed E-state index contributed by atoms with van der Waals surface area (Å²) < 4.78 is 24.7. The molecule has 0 radical (unpaired) electrons. The number of carboxylic acids is 1. The summed E-state index contributed by atoms with van der Waals surface area (Å²) in [5, 5.41) is 8.06. The molecule has 0 spiro atoms. The molecule has 0 heterocycles. The number of benzene rings is 2. The first-order valence-electron chi connectivity index (χ1n) is 7.40. The number of sulfone groups is 1. The van der Waals surface area contributed by atoms with E-state index in [1.54, 1.807) is 24.3 Å².